The molecule has 0 aromatic rings. The van der Waals surface area contributed by atoms with Gasteiger partial charge in [0.25, 0.3) is 0 Å². The Labute approximate surface area is 500 Å². The van der Waals surface area contributed by atoms with Crippen LogP contribution in [0.1, 0.15) is 265 Å². The molecule has 468 valence electrons. The van der Waals surface area contributed by atoms with Gasteiger partial charge >= 0.3 is 25.7 Å². The number of rotatable bonds is 59. The molecule has 0 rings (SSSR count). The number of phosphoric ester groups is 1. The van der Waals surface area contributed by atoms with Crippen LogP contribution in [-0.4, -0.2) is 66.5 Å². The lowest BCUT2D eigenvalue weighted by Crippen LogP contribution is -2.30. The molecule has 12 heteroatoms. The average Bonchev–Trinajstić information content (AvgIpc) is 3.47. The predicted molar refractivity (Wildman–Crippen MR) is 343 cm³/mol. The Bertz CT molecular complexity index is 1840. The third-order valence-corrected chi connectivity index (χ3v) is 14.3. The molecular weight excluding hydrogens is 1050 g/mol. The normalized spacial score (nSPS) is 14.1. The first-order valence-electron chi connectivity index (χ1n) is 32.4. The van der Waals surface area contributed by atoms with Crippen molar-refractivity contribution in [2.45, 2.75) is 277 Å². The number of hydrogen-bond acceptors (Lipinski definition) is 10. The van der Waals surface area contributed by atoms with Crippen molar-refractivity contribution in [2.24, 2.45) is 0 Å². The second kappa shape index (κ2) is 62.9. The molecule has 3 atom stereocenters. The van der Waals surface area contributed by atoms with E-state index < -0.39 is 57.8 Å². The van der Waals surface area contributed by atoms with Crippen LogP contribution in [0.2, 0.25) is 0 Å². The fourth-order valence-corrected chi connectivity index (χ4v) is 9.33. The number of esters is 3. The molecule has 0 fully saturated rings. The van der Waals surface area contributed by atoms with Gasteiger partial charge < -0.3 is 24.2 Å². The number of ether oxygens (including phenoxy) is 3. The van der Waals surface area contributed by atoms with Gasteiger partial charge in [-0.2, -0.15) is 0 Å². The molecule has 0 aromatic heterocycles. The van der Waals surface area contributed by atoms with Crippen LogP contribution in [0.15, 0.2) is 122 Å². The van der Waals surface area contributed by atoms with E-state index in [1.165, 1.54) is 96.3 Å². The molecule has 0 radical (unpaired) electrons. The molecule has 0 aliphatic carbocycles. The maximum absolute atomic E-state index is 13.0. The summed E-state index contributed by atoms with van der Waals surface area (Å²) >= 11 is 0. The third-order valence-electron chi connectivity index (χ3n) is 13.4. The fourth-order valence-electron chi connectivity index (χ4n) is 8.55. The number of carbonyl (C=O) groups is 3. The molecule has 2 N–H and O–H groups in total. The highest BCUT2D eigenvalue weighted by Crippen LogP contribution is 2.43. The van der Waals surface area contributed by atoms with Gasteiger partial charge in [-0.15, -0.1) is 0 Å². The Morgan fingerprint density at radius 1 is 0.354 bits per heavy atom. The average molecular weight is 1170 g/mol. The lowest BCUT2D eigenvalue weighted by molar-refractivity contribution is -0.161. The second-order valence-electron chi connectivity index (χ2n) is 21.2. The number of allylic oxidation sites excluding steroid dienone is 20. The first-order chi connectivity index (χ1) is 40.2. The fraction of sp³-hybridized carbons (Fsp3) is 0.671. The van der Waals surface area contributed by atoms with Gasteiger partial charge in [0.05, 0.1) is 19.8 Å². The van der Waals surface area contributed by atoms with Crippen molar-refractivity contribution in [3.8, 4) is 0 Å². The largest absolute Gasteiger partial charge is 0.472 e. The maximum atomic E-state index is 13.0. The van der Waals surface area contributed by atoms with Crippen LogP contribution >= 0.6 is 7.82 Å². The lowest BCUT2D eigenvalue weighted by Gasteiger charge is -2.21. The molecule has 11 nitrogen and oxygen atoms in total. The van der Waals surface area contributed by atoms with Crippen LogP contribution in [-0.2, 0) is 42.2 Å². The monoisotopic (exact) mass is 1160 g/mol. The molecule has 3 unspecified atom stereocenters. The molecular formula is C70H117O11P. The van der Waals surface area contributed by atoms with E-state index in [0.717, 1.165) is 109 Å². The summed E-state index contributed by atoms with van der Waals surface area (Å²) in [5, 5.41) is 9.85. The summed E-state index contributed by atoms with van der Waals surface area (Å²) in [6.07, 6.45) is 78.8. The van der Waals surface area contributed by atoms with Crippen LogP contribution < -0.4 is 0 Å². The summed E-state index contributed by atoms with van der Waals surface area (Å²) in [5.74, 6) is -1.59. The van der Waals surface area contributed by atoms with Gasteiger partial charge in [0.2, 0.25) is 0 Å². The topological polar surface area (TPSA) is 155 Å². The molecule has 0 spiro atoms. The smallest absolute Gasteiger partial charge is 0.462 e. The third kappa shape index (κ3) is 60.5. The van der Waals surface area contributed by atoms with Crippen molar-refractivity contribution in [1.82, 2.24) is 0 Å². The van der Waals surface area contributed by atoms with Gasteiger partial charge in [0, 0.05) is 19.3 Å². The Kier molecular flexibility index (Phi) is 59.8. The van der Waals surface area contributed by atoms with Gasteiger partial charge in [0.15, 0.2) is 6.10 Å². The summed E-state index contributed by atoms with van der Waals surface area (Å²) in [6.45, 7) is 4.34. The van der Waals surface area contributed by atoms with Crippen molar-refractivity contribution in [2.75, 3.05) is 26.4 Å². The quantitative estimate of drug-likeness (QED) is 0.0197. The predicted octanol–water partition coefficient (Wildman–Crippen LogP) is 19.9. The zero-order chi connectivity index (χ0) is 59.8. The van der Waals surface area contributed by atoms with E-state index >= 15 is 0 Å². The Morgan fingerprint density at radius 3 is 1.02 bits per heavy atom. The Morgan fingerprint density at radius 2 is 0.659 bits per heavy atom. The zero-order valence-electron chi connectivity index (χ0n) is 51.9. The van der Waals surface area contributed by atoms with Crippen LogP contribution in [0.5, 0.6) is 0 Å². The van der Waals surface area contributed by atoms with Gasteiger partial charge in [-0.05, 0) is 96.3 Å². The maximum Gasteiger partial charge on any atom is 0.472 e. The molecule has 0 heterocycles. The van der Waals surface area contributed by atoms with E-state index in [1.54, 1.807) is 0 Å². The van der Waals surface area contributed by atoms with Crippen molar-refractivity contribution in [1.29, 1.82) is 0 Å². The second-order valence-corrected chi connectivity index (χ2v) is 22.6. The Hall–Kier alpha value is -4.12. The van der Waals surface area contributed by atoms with Crippen molar-refractivity contribution in [3.05, 3.63) is 122 Å². The summed E-state index contributed by atoms with van der Waals surface area (Å²) in [4.78, 5) is 48.7. The number of aliphatic hydroxyl groups is 1. The van der Waals surface area contributed by atoms with E-state index in [0.29, 0.717) is 19.3 Å². The van der Waals surface area contributed by atoms with E-state index in [1.807, 2.05) is 12.2 Å². The minimum Gasteiger partial charge on any atom is -0.462 e. The van der Waals surface area contributed by atoms with Crippen molar-refractivity contribution < 1.29 is 52.2 Å². The highest BCUT2D eigenvalue weighted by Gasteiger charge is 2.28. The van der Waals surface area contributed by atoms with E-state index in [2.05, 4.69) is 130 Å². The van der Waals surface area contributed by atoms with Gasteiger partial charge in [-0.1, -0.05) is 271 Å². The summed E-state index contributed by atoms with van der Waals surface area (Å²) < 4.78 is 39.6. The number of phosphoric acid groups is 1. The summed E-state index contributed by atoms with van der Waals surface area (Å²) in [6, 6.07) is 0. The van der Waals surface area contributed by atoms with Crippen LogP contribution in [0, 0.1) is 0 Å². The molecule has 0 amide bonds. The number of hydrogen-bond donors (Lipinski definition) is 2. The molecule has 0 bridgehead atoms. The summed E-state index contributed by atoms with van der Waals surface area (Å²) in [5.41, 5.74) is 0. The van der Waals surface area contributed by atoms with Gasteiger partial charge in [0.1, 0.15) is 12.7 Å². The summed E-state index contributed by atoms with van der Waals surface area (Å²) in [7, 11) is -4.78. The van der Waals surface area contributed by atoms with Crippen molar-refractivity contribution >= 4 is 25.7 Å². The molecule has 0 saturated heterocycles. The highest BCUT2D eigenvalue weighted by atomic mass is 31.2. The Balaban J connectivity index is 4.82. The molecule has 0 aliphatic rings. The zero-order valence-corrected chi connectivity index (χ0v) is 52.8. The lowest BCUT2D eigenvalue weighted by atomic mass is 10.0. The minimum atomic E-state index is -4.78. The molecule has 82 heavy (non-hydrogen) atoms. The van der Waals surface area contributed by atoms with Gasteiger partial charge in [-0.3, -0.25) is 23.4 Å². The van der Waals surface area contributed by atoms with Crippen molar-refractivity contribution in [3.63, 3.8) is 0 Å². The number of unbranched alkanes of at least 4 members (excludes halogenated alkanes) is 22. The van der Waals surface area contributed by atoms with E-state index in [4.69, 9.17) is 23.3 Å². The molecule has 0 aromatic carbocycles. The first kappa shape index (κ1) is 77.9. The first-order valence-corrected chi connectivity index (χ1v) is 33.9. The number of aliphatic hydroxyl groups excluding tert-OH is 1. The standard InChI is InChI=1S/C70H117O11P/c1-4-7-10-13-16-19-22-25-28-31-33-36-38-41-44-47-50-53-56-59-68(72)77-63-67(81-70(74)61-58-55-52-49-46-43-40-37-34-32-29-26-23-20-17-14-11-8-5-2)65-79-82(75,76)78-64-66(62-71)80-69(73)60-57-54-51-48-45-42-39-35-30-27-24-21-18-15-12-9-6-3/h7,9-10,12,16,18-19,21,25,27-28,30,33,36,39,41-42,44,50,53,66-67,71H,4-6,8,11,13-15,17,20,22-24,26,29,31-32,34-35,37-38,40,43,45-49,51-52,54-65H2,1-3H3,(H,75,76)/b10-7-,12-9-,19-16-,21-18-,28-25-,30-27-,36-33-,42-39-,44-41-,53-50-. The molecule has 0 saturated carbocycles. The van der Waals surface area contributed by atoms with E-state index in [-0.39, 0.29) is 25.9 Å². The van der Waals surface area contributed by atoms with Crippen LogP contribution in [0.25, 0.3) is 0 Å². The highest BCUT2D eigenvalue weighted by molar-refractivity contribution is 7.47. The molecule has 0 aliphatic heterocycles. The number of carbonyl (C=O) groups excluding carboxylic acids is 3. The van der Waals surface area contributed by atoms with Crippen LogP contribution in [0.3, 0.4) is 0 Å². The minimum absolute atomic E-state index is 0.0958. The SMILES string of the molecule is CC/C=C\C/C=C\C/C=C\C/C=C\C/C=C\C/C=C\CCC(=O)OCC(COP(=O)(O)OCC(CO)OC(=O)CCCCCC/C=C\C/C=C\C/C=C\C/C=C\CC)OC(=O)CCCCCCCCCCCCCCCCCCCCC. The van der Waals surface area contributed by atoms with E-state index in [9.17, 15) is 28.9 Å². The van der Waals surface area contributed by atoms with Gasteiger partial charge in [-0.25, -0.2) is 4.57 Å². The van der Waals surface area contributed by atoms with Crippen LogP contribution in [0.4, 0.5) is 0 Å².